The van der Waals surface area contributed by atoms with Crippen molar-refractivity contribution in [3.8, 4) is 0 Å². The zero-order valence-electron chi connectivity index (χ0n) is 13.0. The maximum Gasteiger partial charge on any atom is 0.245 e. The van der Waals surface area contributed by atoms with Gasteiger partial charge in [0, 0.05) is 32.9 Å². The maximum atomic E-state index is 13.7. The van der Waals surface area contributed by atoms with Crippen LogP contribution in [-0.4, -0.2) is 52.7 Å². The van der Waals surface area contributed by atoms with E-state index in [1.165, 1.54) is 4.31 Å². The maximum absolute atomic E-state index is 13.7. The molecule has 1 aromatic rings. The summed E-state index contributed by atoms with van der Waals surface area (Å²) in [5, 5.41) is 0. The van der Waals surface area contributed by atoms with Crippen LogP contribution in [0.25, 0.3) is 0 Å². The van der Waals surface area contributed by atoms with Gasteiger partial charge in [0.2, 0.25) is 10.0 Å². The minimum atomic E-state index is -3.93. The molecule has 1 saturated heterocycles. The van der Waals surface area contributed by atoms with E-state index in [9.17, 15) is 17.2 Å². The molecule has 0 bridgehead atoms. The zero-order valence-corrected chi connectivity index (χ0v) is 13.8. The first-order valence-corrected chi connectivity index (χ1v) is 8.91. The average Bonchev–Trinajstić information content (AvgIpc) is 2.52. The Balaban J connectivity index is 1.93. The number of halogens is 2. The van der Waals surface area contributed by atoms with Crippen molar-refractivity contribution in [3.05, 3.63) is 29.8 Å². The molecule has 1 aliphatic heterocycles. The molecule has 0 N–H and O–H groups in total. The molecule has 0 aliphatic carbocycles. The summed E-state index contributed by atoms with van der Waals surface area (Å²) in [6, 6.07) is 2.51. The predicted molar refractivity (Wildman–Crippen MR) is 80.5 cm³/mol. The molecular weight excluding hydrogens is 328 g/mol. The summed E-state index contributed by atoms with van der Waals surface area (Å²) in [5.74, 6) is -1.58. The van der Waals surface area contributed by atoms with Crippen LogP contribution in [0.4, 0.5) is 8.78 Å². The Morgan fingerprint density at radius 1 is 1.22 bits per heavy atom. The van der Waals surface area contributed by atoms with Crippen LogP contribution in [0.15, 0.2) is 23.1 Å². The molecule has 130 valence electrons. The molecule has 0 aromatic heterocycles. The third-order valence-electron chi connectivity index (χ3n) is 3.87. The highest BCUT2D eigenvalue weighted by molar-refractivity contribution is 7.89. The normalized spacial score (nSPS) is 17.5. The fourth-order valence-corrected chi connectivity index (χ4v) is 4.05. The lowest BCUT2D eigenvalue weighted by molar-refractivity contribution is 0.0410. The Bertz CT molecular complexity index is 616. The van der Waals surface area contributed by atoms with Gasteiger partial charge < -0.3 is 9.47 Å². The number of methoxy groups -OCH3 is 1. The van der Waals surface area contributed by atoms with E-state index in [4.69, 9.17) is 9.47 Å². The SMILES string of the molecule is COCCOCC1CCN(S(=O)(=O)c2ccc(F)cc2F)CC1. The molecule has 2 rings (SSSR count). The summed E-state index contributed by atoms with van der Waals surface area (Å²) in [6.07, 6.45) is 1.30. The Labute approximate surface area is 135 Å². The molecule has 0 spiro atoms. The Morgan fingerprint density at radius 2 is 1.91 bits per heavy atom. The molecule has 0 saturated carbocycles. The van der Waals surface area contributed by atoms with Crippen LogP contribution in [0.2, 0.25) is 0 Å². The molecule has 0 unspecified atom stereocenters. The number of piperidine rings is 1. The molecule has 0 radical (unpaired) electrons. The van der Waals surface area contributed by atoms with E-state index >= 15 is 0 Å². The number of benzene rings is 1. The van der Waals surface area contributed by atoms with Crippen LogP contribution in [0.1, 0.15) is 12.8 Å². The number of hydrogen-bond acceptors (Lipinski definition) is 4. The van der Waals surface area contributed by atoms with Crippen LogP contribution in [0.5, 0.6) is 0 Å². The third kappa shape index (κ3) is 4.69. The smallest absolute Gasteiger partial charge is 0.245 e. The second-order valence-corrected chi connectivity index (χ2v) is 7.40. The van der Waals surface area contributed by atoms with Crippen LogP contribution >= 0.6 is 0 Å². The predicted octanol–water partition coefficient (Wildman–Crippen LogP) is 2.03. The van der Waals surface area contributed by atoms with Gasteiger partial charge in [-0.1, -0.05) is 0 Å². The molecule has 5 nitrogen and oxygen atoms in total. The van der Waals surface area contributed by atoms with Crippen LogP contribution in [0.3, 0.4) is 0 Å². The second-order valence-electron chi connectivity index (χ2n) is 5.49. The van der Waals surface area contributed by atoms with Crippen molar-refractivity contribution < 1.29 is 26.7 Å². The van der Waals surface area contributed by atoms with E-state index in [-0.39, 0.29) is 5.92 Å². The summed E-state index contributed by atoms with van der Waals surface area (Å²) >= 11 is 0. The molecule has 8 heteroatoms. The van der Waals surface area contributed by atoms with Gasteiger partial charge in [0.15, 0.2) is 0 Å². The quantitative estimate of drug-likeness (QED) is 0.707. The van der Waals surface area contributed by atoms with Gasteiger partial charge in [-0.15, -0.1) is 0 Å². The van der Waals surface area contributed by atoms with E-state index in [1.807, 2.05) is 0 Å². The topological polar surface area (TPSA) is 55.8 Å². The Kier molecular flexibility index (Phi) is 6.46. The minimum absolute atomic E-state index is 0.274. The van der Waals surface area contributed by atoms with E-state index < -0.39 is 26.6 Å². The lowest BCUT2D eigenvalue weighted by Crippen LogP contribution is -2.39. The molecule has 1 aliphatic rings. The van der Waals surface area contributed by atoms with Gasteiger partial charge in [0.05, 0.1) is 13.2 Å². The van der Waals surface area contributed by atoms with Crippen molar-refractivity contribution in [1.29, 1.82) is 0 Å². The van der Waals surface area contributed by atoms with Crippen LogP contribution in [-0.2, 0) is 19.5 Å². The molecular formula is C15H21F2NO4S. The Hall–Kier alpha value is -1.09. The van der Waals surface area contributed by atoms with Crippen LogP contribution < -0.4 is 0 Å². The molecule has 1 fully saturated rings. The number of sulfonamides is 1. The monoisotopic (exact) mass is 349 g/mol. The number of ether oxygens (including phenoxy) is 2. The first kappa shape index (κ1) is 18.3. The molecule has 1 aromatic carbocycles. The molecule has 23 heavy (non-hydrogen) atoms. The highest BCUT2D eigenvalue weighted by Gasteiger charge is 2.31. The lowest BCUT2D eigenvalue weighted by Gasteiger charge is -2.31. The van der Waals surface area contributed by atoms with E-state index in [2.05, 4.69) is 0 Å². The summed E-state index contributed by atoms with van der Waals surface area (Å²) in [5.41, 5.74) is 0. The van der Waals surface area contributed by atoms with E-state index in [1.54, 1.807) is 7.11 Å². The fraction of sp³-hybridized carbons (Fsp3) is 0.600. The minimum Gasteiger partial charge on any atom is -0.382 e. The molecule has 1 heterocycles. The van der Waals surface area contributed by atoms with Crippen molar-refractivity contribution in [2.75, 3.05) is 40.0 Å². The number of rotatable bonds is 7. The number of nitrogens with zero attached hydrogens (tertiary/aromatic N) is 1. The van der Waals surface area contributed by atoms with Crippen molar-refractivity contribution in [3.63, 3.8) is 0 Å². The largest absolute Gasteiger partial charge is 0.382 e. The van der Waals surface area contributed by atoms with Crippen LogP contribution in [0, 0.1) is 17.6 Å². The summed E-state index contributed by atoms with van der Waals surface area (Å²) in [6.45, 7) is 2.20. The van der Waals surface area contributed by atoms with Crippen molar-refractivity contribution in [2.45, 2.75) is 17.7 Å². The highest BCUT2D eigenvalue weighted by Crippen LogP contribution is 2.25. The third-order valence-corrected chi connectivity index (χ3v) is 5.80. The highest BCUT2D eigenvalue weighted by atomic mass is 32.2. The first-order valence-electron chi connectivity index (χ1n) is 7.47. The molecule has 0 amide bonds. The zero-order chi connectivity index (χ0) is 16.9. The lowest BCUT2D eigenvalue weighted by atomic mass is 9.99. The van der Waals surface area contributed by atoms with Crippen molar-refractivity contribution in [1.82, 2.24) is 4.31 Å². The van der Waals surface area contributed by atoms with Crippen molar-refractivity contribution in [2.24, 2.45) is 5.92 Å². The molecule has 0 atom stereocenters. The average molecular weight is 349 g/mol. The van der Waals surface area contributed by atoms with Gasteiger partial charge >= 0.3 is 0 Å². The van der Waals surface area contributed by atoms with Gasteiger partial charge in [-0.2, -0.15) is 4.31 Å². The van der Waals surface area contributed by atoms with E-state index in [0.717, 1.165) is 12.1 Å². The Morgan fingerprint density at radius 3 is 2.52 bits per heavy atom. The standard InChI is InChI=1S/C15H21F2NO4S/c1-21-8-9-22-11-12-4-6-18(7-5-12)23(19,20)15-3-2-13(16)10-14(15)17/h2-3,10,12H,4-9,11H2,1H3. The first-order chi connectivity index (χ1) is 10.9. The van der Waals surface area contributed by atoms with Gasteiger partial charge in [-0.05, 0) is 30.9 Å². The van der Waals surface area contributed by atoms with Gasteiger partial charge in [0.1, 0.15) is 16.5 Å². The van der Waals surface area contributed by atoms with Crippen molar-refractivity contribution >= 4 is 10.0 Å². The number of hydrogen-bond donors (Lipinski definition) is 0. The summed E-state index contributed by atoms with van der Waals surface area (Å²) < 4.78 is 63.1. The summed E-state index contributed by atoms with van der Waals surface area (Å²) in [7, 11) is -2.33. The fourth-order valence-electron chi connectivity index (χ4n) is 2.53. The van der Waals surface area contributed by atoms with Gasteiger partial charge in [-0.3, -0.25) is 0 Å². The van der Waals surface area contributed by atoms with Gasteiger partial charge in [-0.25, -0.2) is 17.2 Å². The van der Waals surface area contributed by atoms with E-state index in [0.29, 0.717) is 51.8 Å². The summed E-state index contributed by atoms with van der Waals surface area (Å²) in [4.78, 5) is -0.478. The van der Waals surface area contributed by atoms with Gasteiger partial charge in [0.25, 0.3) is 0 Å². The second kappa shape index (κ2) is 8.14.